The van der Waals surface area contributed by atoms with E-state index in [-0.39, 0.29) is 5.56 Å². The number of benzene rings is 1. The first-order chi connectivity index (χ1) is 10.1. The summed E-state index contributed by atoms with van der Waals surface area (Å²) in [5.41, 5.74) is 0.889. The number of nitrogens with zero attached hydrogens (tertiary/aromatic N) is 1. The van der Waals surface area contributed by atoms with Crippen molar-refractivity contribution in [1.82, 2.24) is 10.3 Å². The molecule has 1 atom stereocenters. The summed E-state index contributed by atoms with van der Waals surface area (Å²) in [6, 6.07) is 4.31. The molecule has 0 aliphatic carbocycles. The molecule has 0 aliphatic heterocycles. The van der Waals surface area contributed by atoms with Gasteiger partial charge in [0, 0.05) is 17.5 Å². The normalized spacial score (nSPS) is 12.6. The summed E-state index contributed by atoms with van der Waals surface area (Å²) >= 11 is 1.36. The van der Waals surface area contributed by atoms with E-state index in [9.17, 15) is 8.78 Å². The lowest BCUT2D eigenvalue weighted by Gasteiger charge is -2.10. The Morgan fingerprint density at radius 3 is 2.48 bits per heavy atom. The van der Waals surface area contributed by atoms with Gasteiger partial charge in [0.05, 0.1) is 11.3 Å². The van der Waals surface area contributed by atoms with Gasteiger partial charge >= 0.3 is 0 Å². The Bertz CT molecular complexity index is 590. The first-order valence-corrected chi connectivity index (χ1v) is 8.04. The average molecular weight is 310 g/mol. The molecule has 0 bridgehead atoms. The van der Waals surface area contributed by atoms with Gasteiger partial charge in [0.15, 0.2) is 0 Å². The van der Waals surface area contributed by atoms with E-state index in [1.807, 2.05) is 6.92 Å². The summed E-state index contributed by atoms with van der Waals surface area (Å²) in [6.45, 7) is 6.92. The lowest BCUT2D eigenvalue weighted by atomic mass is 10.2. The molecule has 1 N–H and O–H groups in total. The Labute approximate surface area is 128 Å². The summed E-state index contributed by atoms with van der Waals surface area (Å²) in [5, 5.41) is 3.82. The van der Waals surface area contributed by atoms with Gasteiger partial charge < -0.3 is 5.32 Å². The first-order valence-electron chi connectivity index (χ1n) is 7.23. The molecule has 21 heavy (non-hydrogen) atoms. The molecule has 2 nitrogen and oxygen atoms in total. The molecular weight excluding hydrogens is 290 g/mol. The zero-order valence-corrected chi connectivity index (χ0v) is 13.4. The van der Waals surface area contributed by atoms with Gasteiger partial charge in [-0.2, -0.15) is 0 Å². The topological polar surface area (TPSA) is 24.9 Å². The third-order valence-corrected chi connectivity index (χ3v) is 4.63. The van der Waals surface area contributed by atoms with Crippen molar-refractivity contribution >= 4 is 11.3 Å². The number of aryl methyl sites for hydroxylation is 1. The van der Waals surface area contributed by atoms with Crippen LogP contribution in [0.4, 0.5) is 8.78 Å². The number of rotatable bonds is 6. The number of hydrogen-bond acceptors (Lipinski definition) is 3. The van der Waals surface area contributed by atoms with Crippen molar-refractivity contribution in [3.8, 4) is 10.6 Å². The highest BCUT2D eigenvalue weighted by Gasteiger charge is 2.18. The minimum Gasteiger partial charge on any atom is -0.309 e. The third-order valence-electron chi connectivity index (χ3n) is 3.51. The summed E-state index contributed by atoms with van der Waals surface area (Å²) in [7, 11) is 0. The molecule has 5 heteroatoms. The van der Waals surface area contributed by atoms with Crippen LogP contribution < -0.4 is 5.32 Å². The van der Waals surface area contributed by atoms with Crippen molar-refractivity contribution in [1.29, 1.82) is 0 Å². The minimum absolute atomic E-state index is 0.0213. The molecule has 0 saturated heterocycles. The van der Waals surface area contributed by atoms with Crippen LogP contribution in [0, 0.1) is 11.6 Å². The van der Waals surface area contributed by atoms with Crippen LogP contribution in [0.1, 0.15) is 37.8 Å². The molecule has 1 aromatic carbocycles. The standard InChI is InChI=1S/C16H20F2N2S/c1-4-10(3)19-9-14-13(5-2)20-16(21-14)15-11(17)7-6-8-12(15)18/h6-8,10,19H,4-5,9H2,1-3H3. The highest BCUT2D eigenvalue weighted by molar-refractivity contribution is 7.15. The molecule has 0 radical (unpaired) electrons. The van der Waals surface area contributed by atoms with E-state index >= 15 is 0 Å². The quantitative estimate of drug-likeness (QED) is 0.847. The van der Waals surface area contributed by atoms with Crippen molar-refractivity contribution < 1.29 is 8.78 Å². The fraction of sp³-hybridized carbons (Fsp3) is 0.438. The number of nitrogens with one attached hydrogen (secondary N) is 1. The van der Waals surface area contributed by atoms with Crippen LogP contribution in [-0.4, -0.2) is 11.0 Å². The minimum atomic E-state index is -0.562. The van der Waals surface area contributed by atoms with Crippen molar-refractivity contribution in [2.75, 3.05) is 0 Å². The number of halogens is 2. The van der Waals surface area contributed by atoms with Gasteiger partial charge in [0.1, 0.15) is 16.6 Å². The second-order valence-corrected chi connectivity index (χ2v) is 6.11. The summed E-state index contributed by atoms with van der Waals surface area (Å²) < 4.78 is 27.7. The van der Waals surface area contributed by atoms with E-state index in [0.29, 0.717) is 17.6 Å². The van der Waals surface area contributed by atoms with Gasteiger partial charge in [-0.25, -0.2) is 13.8 Å². The predicted molar refractivity (Wildman–Crippen MR) is 83.4 cm³/mol. The lowest BCUT2D eigenvalue weighted by Crippen LogP contribution is -2.24. The maximum atomic E-state index is 13.9. The van der Waals surface area contributed by atoms with Crippen molar-refractivity contribution in [3.63, 3.8) is 0 Å². The zero-order valence-electron chi connectivity index (χ0n) is 12.5. The zero-order chi connectivity index (χ0) is 15.4. The van der Waals surface area contributed by atoms with Crippen LogP contribution in [0.3, 0.4) is 0 Å². The van der Waals surface area contributed by atoms with Gasteiger partial charge in [-0.05, 0) is 31.9 Å². The summed E-state index contributed by atoms with van der Waals surface area (Å²) in [4.78, 5) is 5.47. The van der Waals surface area contributed by atoms with E-state index in [0.717, 1.165) is 23.4 Å². The largest absolute Gasteiger partial charge is 0.309 e. The van der Waals surface area contributed by atoms with Crippen LogP contribution in [0.2, 0.25) is 0 Å². The van der Waals surface area contributed by atoms with Crippen molar-refractivity contribution in [3.05, 3.63) is 40.4 Å². The van der Waals surface area contributed by atoms with Crippen LogP contribution >= 0.6 is 11.3 Å². The Hall–Kier alpha value is -1.33. The summed E-state index contributed by atoms with van der Waals surface area (Å²) in [6.07, 6.45) is 1.79. The summed E-state index contributed by atoms with van der Waals surface area (Å²) in [5.74, 6) is -1.12. The first kappa shape index (κ1) is 16.0. The van der Waals surface area contributed by atoms with Crippen LogP contribution in [0.5, 0.6) is 0 Å². The van der Waals surface area contributed by atoms with Crippen molar-refractivity contribution in [2.45, 2.75) is 46.2 Å². The van der Waals surface area contributed by atoms with E-state index in [1.54, 1.807) is 0 Å². The molecule has 2 rings (SSSR count). The average Bonchev–Trinajstić information content (AvgIpc) is 2.87. The fourth-order valence-corrected chi connectivity index (χ4v) is 3.17. The number of hydrogen-bond donors (Lipinski definition) is 1. The Balaban J connectivity index is 2.32. The van der Waals surface area contributed by atoms with Gasteiger partial charge in [-0.15, -0.1) is 11.3 Å². The highest BCUT2D eigenvalue weighted by atomic mass is 32.1. The molecule has 0 amide bonds. The second kappa shape index (κ2) is 7.09. The Morgan fingerprint density at radius 1 is 1.24 bits per heavy atom. The molecule has 0 aliphatic rings. The molecule has 0 spiro atoms. The van der Waals surface area contributed by atoms with Crippen LogP contribution in [-0.2, 0) is 13.0 Å². The molecule has 0 saturated carbocycles. The van der Waals surface area contributed by atoms with E-state index in [1.165, 1.54) is 29.5 Å². The van der Waals surface area contributed by atoms with E-state index in [2.05, 4.69) is 24.1 Å². The molecular formula is C16H20F2N2S. The van der Waals surface area contributed by atoms with Crippen LogP contribution in [0.25, 0.3) is 10.6 Å². The van der Waals surface area contributed by atoms with Gasteiger partial charge in [0.25, 0.3) is 0 Å². The van der Waals surface area contributed by atoms with Gasteiger partial charge in [0.2, 0.25) is 0 Å². The Morgan fingerprint density at radius 2 is 1.90 bits per heavy atom. The molecule has 114 valence electrons. The van der Waals surface area contributed by atoms with Gasteiger partial charge in [-0.1, -0.05) is 19.9 Å². The van der Waals surface area contributed by atoms with E-state index in [4.69, 9.17) is 0 Å². The Kier molecular flexibility index (Phi) is 5.42. The third kappa shape index (κ3) is 3.66. The SMILES string of the molecule is CCc1nc(-c2c(F)cccc2F)sc1CNC(C)CC. The number of aromatic nitrogens is 1. The molecule has 2 aromatic rings. The van der Waals surface area contributed by atoms with Crippen molar-refractivity contribution in [2.24, 2.45) is 0 Å². The van der Waals surface area contributed by atoms with E-state index < -0.39 is 11.6 Å². The lowest BCUT2D eigenvalue weighted by molar-refractivity contribution is 0.535. The molecule has 1 heterocycles. The monoisotopic (exact) mass is 310 g/mol. The molecule has 1 unspecified atom stereocenters. The number of thiazole rings is 1. The van der Waals surface area contributed by atoms with Crippen LogP contribution in [0.15, 0.2) is 18.2 Å². The molecule has 0 fully saturated rings. The van der Waals surface area contributed by atoms with Gasteiger partial charge in [-0.3, -0.25) is 0 Å². The smallest absolute Gasteiger partial charge is 0.136 e. The maximum Gasteiger partial charge on any atom is 0.136 e. The molecule has 1 aromatic heterocycles. The predicted octanol–water partition coefficient (Wildman–Crippen LogP) is 4.54. The maximum absolute atomic E-state index is 13.9. The highest BCUT2D eigenvalue weighted by Crippen LogP contribution is 2.32. The fourth-order valence-electron chi connectivity index (χ4n) is 2.02. The second-order valence-electron chi connectivity index (χ2n) is 5.03.